The van der Waals surface area contributed by atoms with Crippen molar-refractivity contribution in [3.8, 4) is 22.5 Å². The number of hydrogen-bond donors (Lipinski definition) is 0. The van der Waals surface area contributed by atoms with E-state index in [9.17, 15) is 0 Å². The van der Waals surface area contributed by atoms with E-state index in [0.29, 0.717) is 0 Å². The minimum absolute atomic E-state index is 0. The second kappa shape index (κ2) is 7.69. The summed E-state index contributed by atoms with van der Waals surface area (Å²) < 4.78 is 0. The number of aromatic nitrogens is 2. The molecule has 2 heterocycles. The fourth-order valence-electron chi connectivity index (χ4n) is 3.87. The molecule has 0 spiro atoms. The largest absolute Gasteiger partial charge is 2.00 e. The van der Waals surface area contributed by atoms with Crippen molar-refractivity contribution in [1.82, 2.24) is 9.97 Å². The Kier molecular flexibility index (Phi) is 5.23. The number of nitrogens with zero attached hydrogens (tertiary/aromatic N) is 2. The van der Waals surface area contributed by atoms with Crippen LogP contribution in [-0.4, -0.2) is 9.97 Å². The molecule has 0 saturated carbocycles. The fourth-order valence-corrected chi connectivity index (χ4v) is 3.87. The van der Waals surface area contributed by atoms with Crippen LogP contribution in [0, 0.1) is 12.1 Å². The predicted molar refractivity (Wildman–Crippen MR) is 112 cm³/mol. The van der Waals surface area contributed by atoms with Crippen molar-refractivity contribution < 1.29 is 21.1 Å². The number of benzene rings is 2. The average Bonchev–Trinajstić information content (AvgIpc) is 3.12. The molecular weight excluding hydrogens is 535 g/mol. The molecule has 5 rings (SSSR count). The third-order valence-electron chi connectivity index (χ3n) is 5.59. The topological polar surface area (TPSA) is 25.8 Å². The fraction of sp³-hybridized carbons (Fsp3) is 0.154. The third kappa shape index (κ3) is 3.47. The molecule has 0 aliphatic heterocycles. The summed E-state index contributed by atoms with van der Waals surface area (Å²) in [6.45, 7) is 4.40. The summed E-state index contributed by atoms with van der Waals surface area (Å²) in [4.78, 5) is 9.56. The van der Waals surface area contributed by atoms with Crippen LogP contribution >= 0.6 is 0 Å². The van der Waals surface area contributed by atoms with Crippen LogP contribution < -0.4 is 0 Å². The number of hydrogen-bond acceptors (Lipinski definition) is 2. The molecule has 1 aliphatic carbocycles. The normalized spacial score (nSPS) is 12.1. The van der Waals surface area contributed by atoms with E-state index in [1.165, 1.54) is 11.1 Å². The number of fused-ring (bicyclic) bond motifs is 3. The Labute approximate surface area is 186 Å². The van der Waals surface area contributed by atoms with E-state index in [4.69, 9.17) is 4.98 Å². The Morgan fingerprint density at radius 1 is 0.897 bits per heavy atom. The van der Waals surface area contributed by atoms with Crippen LogP contribution in [0.2, 0.25) is 0 Å². The SMILES string of the molecule is CC(C)(c1[c-]c2c(cc1)Cc1ccc(-c3[c-]cccc3)nc1-2)c1ccccn1.[Pt+2]. The van der Waals surface area contributed by atoms with Crippen molar-refractivity contribution in [2.75, 3.05) is 0 Å². The minimum atomic E-state index is -0.218. The Hall–Kier alpha value is -2.57. The van der Waals surface area contributed by atoms with Gasteiger partial charge in [-0.3, -0.25) is 4.98 Å². The average molecular weight is 556 g/mol. The quantitative estimate of drug-likeness (QED) is 0.270. The van der Waals surface area contributed by atoms with Crippen LogP contribution in [0.1, 0.15) is 36.2 Å². The maximum absolute atomic E-state index is 4.98. The maximum Gasteiger partial charge on any atom is 2.00 e. The van der Waals surface area contributed by atoms with Crippen LogP contribution in [0.3, 0.4) is 0 Å². The second-order valence-corrected chi connectivity index (χ2v) is 7.77. The van der Waals surface area contributed by atoms with Gasteiger partial charge in [-0.1, -0.05) is 37.6 Å². The molecule has 4 aromatic rings. The van der Waals surface area contributed by atoms with E-state index < -0.39 is 0 Å². The molecule has 144 valence electrons. The van der Waals surface area contributed by atoms with Gasteiger partial charge in [-0.15, -0.1) is 70.8 Å². The molecule has 0 N–H and O–H groups in total. The van der Waals surface area contributed by atoms with Crippen LogP contribution in [-0.2, 0) is 32.9 Å². The monoisotopic (exact) mass is 555 g/mol. The van der Waals surface area contributed by atoms with Crippen LogP contribution in [0.15, 0.2) is 72.9 Å². The molecule has 0 fully saturated rings. The zero-order valence-electron chi connectivity index (χ0n) is 16.3. The third-order valence-corrected chi connectivity index (χ3v) is 5.59. The van der Waals surface area contributed by atoms with Crippen molar-refractivity contribution in [2.24, 2.45) is 0 Å². The van der Waals surface area contributed by atoms with Gasteiger partial charge in [0.05, 0.1) is 0 Å². The van der Waals surface area contributed by atoms with Crippen molar-refractivity contribution in [1.29, 1.82) is 0 Å². The van der Waals surface area contributed by atoms with E-state index in [1.807, 2.05) is 36.5 Å². The summed E-state index contributed by atoms with van der Waals surface area (Å²) >= 11 is 0. The van der Waals surface area contributed by atoms with Crippen LogP contribution in [0.25, 0.3) is 22.5 Å². The first-order valence-corrected chi connectivity index (χ1v) is 9.57. The summed E-state index contributed by atoms with van der Waals surface area (Å²) in [6.07, 6.45) is 2.77. The second-order valence-electron chi connectivity index (χ2n) is 7.77. The number of rotatable bonds is 3. The molecule has 29 heavy (non-hydrogen) atoms. The molecule has 2 aromatic heterocycles. The minimum Gasteiger partial charge on any atom is -0.345 e. The summed E-state index contributed by atoms with van der Waals surface area (Å²) in [5.74, 6) is 0. The van der Waals surface area contributed by atoms with E-state index in [-0.39, 0.29) is 26.5 Å². The van der Waals surface area contributed by atoms with Gasteiger partial charge in [-0.2, -0.15) is 0 Å². The van der Waals surface area contributed by atoms with Crippen molar-refractivity contribution >= 4 is 0 Å². The van der Waals surface area contributed by atoms with Crippen LogP contribution in [0.4, 0.5) is 0 Å². The Bertz CT molecular complexity index is 1150. The predicted octanol–water partition coefficient (Wildman–Crippen LogP) is 5.64. The summed E-state index contributed by atoms with van der Waals surface area (Å²) in [5, 5.41) is 0. The van der Waals surface area contributed by atoms with E-state index in [2.05, 4.69) is 67.4 Å². The van der Waals surface area contributed by atoms with Crippen molar-refractivity contribution in [3.05, 3.63) is 107 Å². The molecule has 0 saturated heterocycles. The van der Waals surface area contributed by atoms with Gasteiger partial charge in [0.1, 0.15) is 0 Å². The van der Waals surface area contributed by atoms with Crippen molar-refractivity contribution in [3.63, 3.8) is 0 Å². The molecule has 2 nitrogen and oxygen atoms in total. The van der Waals surface area contributed by atoms with Gasteiger partial charge in [0.25, 0.3) is 0 Å². The molecule has 0 unspecified atom stereocenters. The maximum atomic E-state index is 4.98. The zero-order valence-corrected chi connectivity index (χ0v) is 18.6. The first-order chi connectivity index (χ1) is 13.6. The van der Waals surface area contributed by atoms with E-state index in [1.54, 1.807) is 0 Å². The first kappa shape index (κ1) is 19.7. The molecule has 1 aliphatic rings. The standard InChI is InChI=1S/C26H20N2.Pt/c1-26(2,24-10-6-7-15-27-24)21-13-11-19-16-20-12-14-23(18-8-4-3-5-9-18)28-25(20)22(19)17-21;/h3-8,10-15H,16H2,1-2H3;/q-2;+2. The molecule has 2 aromatic carbocycles. The first-order valence-electron chi connectivity index (χ1n) is 9.57. The van der Waals surface area contributed by atoms with Crippen LogP contribution in [0.5, 0.6) is 0 Å². The van der Waals surface area contributed by atoms with Gasteiger partial charge in [0.15, 0.2) is 0 Å². The van der Waals surface area contributed by atoms with Gasteiger partial charge in [-0.25, -0.2) is 0 Å². The van der Waals surface area contributed by atoms with Gasteiger partial charge < -0.3 is 4.98 Å². The van der Waals surface area contributed by atoms with Crippen molar-refractivity contribution in [2.45, 2.75) is 25.7 Å². The summed E-state index contributed by atoms with van der Waals surface area (Å²) in [5.41, 5.74) is 8.65. The molecule has 3 heteroatoms. The zero-order chi connectivity index (χ0) is 19.1. The van der Waals surface area contributed by atoms with Gasteiger partial charge >= 0.3 is 21.1 Å². The smallest absolute Gasteiger partial charge is 0.345 e. The Morgan fingerprint density at radius 2 is 1.72 bits per heavy atom. The molecule has 0 radical (unpaired) electrons. The Balaban J connectivity index is 0.00000205. The Morgan fingerprint density at radius 3 is 2.48 bits per heavy atom. The summed E-state index contributed by atoms with van der Waals surface area (Å²) in [7, 11) is 0. The van der Waals surface area contributed by atoms with Gasteiger partial charge in [-0.05, 0) is 29.9 Å². The van der Waals surface area contributed by atoms with Gasteiger partial charge in [0.2, 0.25) is 0 Å². The molecule has 0 bridgehead atoms. The van der Waals surface area contributed by atoms with E-state index >= 15 is 0 Å². The number of pyridine rings is 2. The molecular formula is C26H20N2Pt. The summed E-state index contributed by atoms with van der Waals surface area (Å²) in [6, 6.07) is 29.7. The van der Waals surface area contributed by atoms with Gasteiger partial charge in [0, 0.05) is 17.3 Å². The van der Waals surface area contributed by atoms with E-state index in [0.717, 1.165) is 40.2 Å². The molecule has 0 amide bonds. The molecule has 0 atom stereocenters.